The molecule has 0 atom stereocenters. The average Bonchev–Trinajstić information content (AvgIpc) is 2.33. The molecule has 0 fully saturated rings. The molecule has 0 radical (unpaired) electrons. The molecule has 0 heterocycles. The smallest absolute Gasteiger partial charge is 0.221 e. The zero-order chi connectivity index (χ0) is 15.0. The standard InChI is InChI=1S/C17H23NO2/c1-14-9-5-6-10-15(14)20-12-8-7-11-18-16(19)13-17(2,3)4/h5-6,9-10H,11-13H2,1-4H3,(H,18,19). The second kappa shape index (κ2) is 7.59. The molecule has 1 aromatic rings. The minimum absolute atomic E-state index is 0.00542. The maximum atomic E-state index is 11.5. The number of nitrogens with one attached hydrogen (secondary N) is 1. The molecule has 1 amide bonds. The maximum Gasteiger partial charge on any atom is 0.221 e. The van der Waals surface area contributed by atoms with E-state index < -0.39 is 0 Å². The quantitative estimate of drug-likeness (QED) is 0.857. The fourth-order valence-corrected chi connectivity index (χ4v) is 1.63. The lowest BCUT2D eigenvalue weighted by molar-refractivity contribution is -0.122. The normalized spacial score (nSPS) is 10.4. The Kier molecular flexibility index (Phi) is 6.11. The molecule has 0 spiro atoms. The summed E-state index contributed by atoms with van der Waals surface area (Å²) in [6, 6.07) is 7.82. The molecule has 0 aliphatic rings. The molecule has 1 rings (SSSR count). The summed E-state index contributed by atoms with van der Waals surface area (Å²) >= 11 is 0. The number of benzene rings is 1. The molecule has 20 heavy (non-hydrogen) atoms. The first-order chi connectivity index (χ1) is 9.38. The van der Waals surface area contributed by atoms with E-state index >= 15 is 0 Å². The SMILES string of the molecule is Cc1ccccc1OCC#CCNC(=O)CC(C)(C)C. The molecule has 108 valence electrons. The molecule has 1 aromatic carbocycles. The Labute approximate surface area is 121 Å². The highest BCUT2D eigenvalue weighted by molar-refractivity contribution is 5.76. The van der Waals surface area contributed by atoms with Crippen molar-refractivity contribution < 1.29 is 9.53 Å². The van der Waals surface area contributed by atoms with Crippen molar-refractivity contribution in [3.63, 3.8) is 0 Å². The highest BCUT2D eigenvalue weighted by Crippen LogP contribution is 2.17. The second-order valence-corrected chi connectivity index (χ2v) is 5.92. The predicted octanol–water partition coefficient (Wildman–Crippen LogP) is 2.93. The second-order valence-electron chi connectivity index (χ2n) is 5.92. The lowest BCUT2D eigenvalue weighted by Crippen LogP contribution is -2.27. The van der Waals surface area contributed by atoms with Crippen LogP contribution < -0.4 is 10.1 Å². The summed E-state index contributed by atoms with van der Waals surface area (Å²) in [4.78, 5) is 11.5. The monoisotopic (exact) mass is 273 g/mol. The number of aryl methyl sites for hydroxylation is 1. The summed E-state index contributed by atoms with van der Waals surface area (Å²) in [6.07, 6.45) is 0.508. The average molecular weight is 273 g/mol. The van der Waals surface area contributed by atoms with Gasteiger partial charge in [0.25, 0.3) is 0 Å². The summed E-state index contributed by atoms with van der Waals surface area (Å²) in [7, 11) is 0. The molecule has 3 heteroatoms. The van der Waals surface area contributed by atoms with Crippen LogP contribution in [-0.4, -0.2) is 19.1 Å². The molecule has 3 nitrogen and oxygen atoms in total. The van der Waals surface area contributed by atoms with Gasteiger partial charge < -0.3 is 10.1 Å². The highest BCUT2D eigenvalue weighted by Gasteiger charge is 2.14. The van der Waals surface area contributed by atoms with Crippen molar-refractivity contribution in [2.24, 2.45) is 5.41 Å². The van der Waals surface area contributed by atoms with E-state index in [1.54, 1.807) is 0 Å². The maximum absolute atomic E-state index is 11.5. The van der Waals surface area contributed by atoms with E-state index in [9.17, 15) is 4.79 Å². The Morgan fingerprint density at radius 2 is 1.95 bits per heavy atom. The topological polar surface area (TPSA) is 38.3 Å². The van der Waals surface area contributed by atoms with Crippen molar-refractivity contribution in [2.45, 2.75) is 34.1 Å². The number of para-hydroxylation sites is 1. The van der Waals surface area contributed by atoms with E-state index in [2.05, 4.69) is 17.2 Å². The van der Waals surface area contributed by atoms with Gasteiger partial charge >= 0.3 is 0 Å². The van der Waals surface area contributed by atoms with Crippen LogP contribution in [-0.2, 0) is 4.79 Å². The minimum atomic E-state index is 0.00542. The van der Waals surface area contributed by atoms with Crippen molar-refractivity contribution in [1.82, 2.24) is 5.32 Å². The molecule has 0 unspecified atom stereocenters. The van der Waals surface area contributed by atoms with Crippen LogP contribution in [0.2, 0.25) is 0 Å². The zero-order valence-electron chi connectivity index (χ0n) is 12.7. The number of amides is 1. The van der Waals surface area contributed by atoms with E-state index in [-0.39, 0.29) is 11.3 Å². The van der Waals surface area contributed by atoms with Gasteiger partial charge in [0, 0.05) is 6.42 Å². The van der Waals surface area contributed by atoms with E-state index in [4.69, 9.17) is 4.74 Å². The van der Waals surface area contributed by atoms with E-state index in [1.165, 1.54) is 0 Å². The van der Waals surface area contributed by atoms with Gasteiger partial charge in [-0.05, 0) is 24.0 Å². The summed E-state index contributed by atoms with van der Waals surface area (Å²) in [6.45, 7) is 8.80. The molecular weight excluding hydrogens is 250 g/mol. The third-order valence-electron chi connectivity index (χ3n) is 2.58. The molecular formula is C17H23NO2. The van der Waals surface area contributed by atoms with Crippen LogP contribution in [0.15, 0.2) is 24.3 Å². The Balaban J connectivity index is 2.24. The van der Waals surface area contributed by atoms with Crippen molar-refractivity contribution in [1.29, 1.82) is 0 Å². The van der Waals surface area contributed by atoms with Crippen LogP contribution in [0.1, 0.15) is 32.8 Å². The predicted molar refractivity (Wildman–Crippen MR) is 81.5 cm³/mol. The van der Waals surface area contributed by atoms with Gasteiger partial charge in [-0.2, -0.15) is 0 Å². The fraction of sp³-hybridized carbons (Fsp3) is 0.471. The zero-order valence-corrected chi connectivity index (χ0v) is 12.7. The third kappa shape index (κ3) is 6.84. The van der Waals surface area contributed by atoms with Gasteiger partial charge in [-0.3, -0.25) is 4.79 Å². The first-order valence-corrected chi connectivity index (χ1v) is 6.79. The van der Waals surface area contributed by atoms with E-state index in [1.807, 2.05) is 52.0 Å². The molecule has 0 aliphatic carbocycles. The Morgan fingerprint density at radius 3 is 2.60 bits per heavy atom. The lowest BCUT2D eigenvalue weighted by atomic mass is 9.92. The highest BCUT2D eigenvalue weighted by atomic mass is 16.5. The largest absolute Gasteiger partial charge is 0.481 e. The van der Waals surface area contributed by atoms with E-state index in [0.29, 0.717) is 19.6 Å². The number of hydrogen-bond donors (Lipinski definition) is 1. The van der Waals surface area contributed by atoms with Gasteiger partial charge in [-0.15, -0.1) is 0 Å². The number of carbonyl (C=O) groups is 1. The van der Waals surface area contributed by atoms with Crippen molar-refractivity contribution >= 4 is 5.91 Å². The van der Waals surface area contributed by atoms with Crippen LogP contribution in [0.25, 0.3) is 0 Å². The molecule has 0 aromatic heterocycles. The van der Waals surface area contributed by atoms with Crippen molar-refractivity contribution in [3.8, 4) is 17.6 Å². The van der Waals surface area contributed by atoms with Gasteiger partial charge in [0.2, 0.25) is 5.91 Å². The first kappa shape index (κ1) is 16.1. The number of carbonyl (C=O) groups excluding carboxylic acids is 1. The van der Waals surface area contributed by atoms with Gasteiger partial charge in [-0.1, -0.05) is 50.8 Å². The molecule has 0 aliphatic heterocycles. The number of ether oxygens (including phenoxy) is 1. The number of hydrogen-bond acceptors (Lipinski definition) is 2. The summed E-state index contributed by atoms with van der Waals surface area (Å²) < 4.78 is 5.54. The van der Waals surface area contributed by atoms with Crippen LogP contribution in [0.5, 0.6) is 5.75 Å². The lowest BCUT2D eigenvalue weighted by Gasteiger charge is -2.16. The van der Waals surface area contributed by atoms with E-state index in [0.717, 1.165) is 11.3 Å². The Hall–Kier alpha value is -1.95. The summed E-state index contributed by atoms with van der Waals surface area (Å²) in [5.41, 5.74) is 1.10. The van der Waals surface area contributed by atoms with Crippen LogP contribution in [0.4, 0.5) is 0 Å². The van der Waals surface area contributed by atoms with Crippen LogP contribution >= 0.6 is 0 Å². The molecule has 1 N–H and O–H groups in total. The van der Waals surface area contributed by atoms with Gasteiger partial charge in [0.05, 0.1) is 6.54 Å². The molecule has 0 saturated heterocycles. The minimum Gasteiger partial charge on any atom is -0.481 e. The first-order valence-electron chi connectivity index (χ1n) is 6.79. The van der Waals surface area contributed by atoms with Gasteiger partial charge in [0.15, 0.2) is 0 Å². The van der Waals surface area contributed by atoms with Crippen LogP contribution in [0.3, 0.4) is 0 Å². The summed E-state index contributed by atoms with van der Waals surface area (Å²) in [5.74, 6) is 6.66. The van der Waals surface area contributed by atoms with Gasteiger partial charge in [-0.25, -0.2) is 0 Å². The number of rotatable bonds is 4. The third-order valence-corrected chi connectivity index (χ3v) is 2.58. The Bertz CT molecular complexity index is 504. The Morgan fingerprint density at radius 1 is 1.25 bits per heavy atom. The van der Waals surface area contributed by atoms with Crippen LogP contribution in [0, 0.1) is 24.2 Å². The summed E-state index contributed by atoms with van der Waals surface area (Å²) in [5, 5.41) is 2.78. The molecule has 0 bridgehead atoms. The van der Waals surface area contributed by atoms with Crippen molar-refractivity contribution in [3.05, 3.63) is 29.8 Å². The fourth-order valence-electron chi connectivity index (χ4n) is 1.63. The van der Waals surface area contributed by atoms with Gasteiger partial charge in [0.1, 0.15) is 12.4 Å². The van der Waals surface area contributed by atoms with Crippen molar-refractivity contribution in [2.75, 3.05) is 13.2 Å². The molecule has 0 saturated carbocycles.